The molecule has 0 aliphatic carbocycles. The minimum Gasteiger partial charge on any atom is -0.271 e. The highest BCUT2D eigenvalue weighted by Crippen LogP contribution is 2.21. The number of carbonyl (C=O) groups excluding carboxylic acids is 2. The summed E-state index contributed by atoms with van der Waals surface area (Å²) in [6.45, 7) is 2.55. The summed E-state index contributed by atoms with van der Waals surface area (Å²) in [5.74, 6) is -1.43. The Morgan fingerprint density at radius 2 is 1.85 bits per heavy atom. The van der Waals surface area contributed by atoms with Crippen LogP contribution in [0.3, 0.4) is 0 Å². The quantitative estimate of drug-likeness (QED) is 0.586. The maximum absolute atomic E-state index is 11.9. The molecule has 0 aliphatic rings. The van der Waals surface area contributed by atoms with E-state index in [1.165, 1.54) is 32.0 Å². The van der Waals surface area contributed by atoms with Gasteiger partial charge in [-0.1, -0.05) is 6.07 Å². The molecule has 2 N–H and O–H groups in total. The van der Waals surface area contributed by atoms with Gasteiger partial charge in [-0.3, -0.25) is 45.4 Å². The Labute approximate surface area is 146 Å². The first-order valence-corrected chi connectivity index (χ1v) is 7.22. The molecule has 1 heterocycles. The van der Waals surface area contributed by atoms with Crippen LogP contribution in [-0.2, 0) is 11.3 Å². The minimum absolute atomic E-state index is 0.0127. The van der Waals surface area contributed by atoms with Crippen molar-refractivity contribution in [3.8, 4) is 0 Å². The normalized spacial score (nSPS) is 10.2. The Morgan fingerprint density at radius 1 is 1.15 bits per heavy atom. The van der Waals surface area contributed by atoms with Crippen LogP contribution < -0.4 is 10.9 Å². The molecule has 2 rings (SSSR count). The third-order valence-electron chi connectivity index (χ3n) is 3.45. The lowest BCUT2D eigenvalue weighted by Crippen LogP contribution is -2.43. The molecule has 0 saturated heterocycles. The first-order chi connectivity index (χ1) is 12.2. The zero-order valence-corrected chi connectivity index (χ0v) is 13.8. The third kappa shape index (κ3) is 3.98. The number of nitrogens with one attached hydrogen (secondary N) is 2. The number of carbonyl (C=O) groups is 2. The van der Waals surface area contributed by atoms with Gasteiger partial charge in [0.25, 0.3) is 17.5 Å². The van der Waals surface area contributed by atoms with Crippen molar-refractivity contribution in [1.29, 1.82) is 0 Å². The van der Waals surface area contributed by atoms with Crippen LogP contribution in [0.15, 0.2) is 24.3 Å². The third-order valence-corrected chi connectivity index (χ3v) is 3.45. The van der Waals surface area contributed by atoms with E-state index in [9.17, 15) is 29.8 Å². The molecule has 0 fully saturated rings. The van der Waals surface area contributed by atoms with E-state index < -0.39 is 21.7 Å². The minimum atomic E-state index is -0.749. The van der Waals surface area contributed by atoms with Gasteiger partial charge in [-0.2, -0.15) is 5.10 Å². The fourth-order valence-corrected chi connectivity index (χ4v) is 2.24. The van der Waals surface area contributed by atoms with Crippen LogP contribution in [0.5, 0.6) is 0 Å². The highest BCUT2D eigenvalue weighted by molar-refractivity contribution is 5.95. The van der Waals surface area contributed by atoms with Gasteiger partial charge in [0.15, 0.2) is 0 Å². The Morgan fingerprint density at radius 3 is 2.42 bits per heavy atom. The van der Waals surface area contributed by atoms with Gasteiger partial charge < -0.3 is 0 Å². The number of hydrazine groups is 1. The van der Waals surface area contributed by atoms with Crippen LogP contribution in [0, 0.1) is 34.1 Å². The topological polar surface area (TPSA) is 162 Å². The molecular formula is C14H14N6O6. The summed E-state index contributed by atoms with van der Waals surface area (Å²) < 4.78 is 1.14. The highest BCUT2D eigenvalue weighted by Gasteiger charge is 2.22. The van der Waals surface area contributed by atoms with E-state index in [1.807, 2.05) is 0 Å². The summed E-state index contributed by atoms with van der Waals surface area (Å²) in [6.07, 6.45) is 0. The number of aromatic nitrogens is 2. The van der Waals surface area contributed by atoms with Crippen LogP contribution in [0.4, 0.5) is 11.4 Å². The summed E-state index contributed by atoms with van der Waals surface area (Å²) in [6, 6.07) is 4.97. The maximum atomic E-state index is 11.9. The zero-order chi connectivity index (χ0) is 19.4. The van der Waals surface area contributed by atoms with Crippen molar-refractivity contribution >= 4 is 23.2 Å². The Balaban J connectivity index is 2.00. The Bertz CT molecular complexity index is 905. The lowest BCUT2D eigenvalue weighted by molar-refractivity contribution is -0.386. The van der Waals surface area contributed by atoms with Crippen molar-refractivity contribution in [2.24, 2.45) is 0 Å². The molecule has 0 spiro atoms. The lowest BCUT2D eigenvalue weighted by Gasteiger charge is -2.08. The van der Waals surface area contributed by atoms with E-state index >= 15 is 0 Å². The smallest absolute Gasteiger partial charge is 0.271 e. The van der Waals surface area contributed by atoms with E-state index in [0.717, 1.165) is 10.7 Å². The Hall–Kier alpha value is -3.83. The zero-order valence-electron chi connectivity index (χ0n) is 13.8. The van der Waals surface area contributed by atoms with Crippen LogP contribution in [0.25, 0.3) is 0 Å². The second-order valence-electron chi connectivity index (χ2n) is 5.24. The van der Waals surface area contributed by atoms with Crippen molar-refractivity contribution in [3.63, 3.8) is 0 Å². The SMILES string of the molecule is Cc1nn(CC(=O)NNC(=O)c2cccc([N+](=O)[O-])c2)c(C)c1[N+](=O)[O-]. The molecule has 26 heavy (non-hydrogen) atoms. The van der Waals surface area contributed by atoms with E-state index in [0.29, 0.717) is 0 Å². The average molecular weight is 362 g/mol. The second-order valence-corrected chi connectivity index (χ2v) is 5.24. The number of non-ortho nitro benzene ring substituents is 1. The Kier molecular flexibility index (Phi) is 5.25. The number of hydrogen-bond acceptors (Lipinski definition) is 7. The summed E-state index contributed by atoms with van der Waals surface area (Å²) >= 11 is 0. The van der Waals surface area contributed by atoms with Crippen molar-refractivity contribution in [1.82, 2.24) is 20.6 Å². The molecule has 0 unspecified atom stereocenters. The first kappa shape index (κ1) is 18.5. The molecule has 0 aliphatic heterocycles. The number of amides is 2. The van der Waals surface area contributed by atoms with E-state index in [4.69, 9.17) is 0 Å². The molecule has 12 heteroatoms. The van der Waals surface area contributed by atoms with Crippen LogP contribution in [0.1, 0.15) is 21.7 Å². The molecule has 136 valence electrons. The van der Waals surface area contributed by atoms with Gasteiger partial charge in [0, 0.05) is 17.7 Å². The standard InChI is InChI=1S/C14H14N6O6/c1-8-13(20(25)26)9(2)18(17-8)7-12(21)15-16-14(22)10-4-3-5-11(6-10)19(23)24/h3-6H,7H2,1-2H3,(H,15,21)(H,16,22). The van der Waals surface area contributed by atoms with E-state index in [2.05, 4.69) is 16.0 Å². The molecule has 1 aromatic heterocycles. The molecule has 2 aromatic rings. The van der Waals surface area contributed by atoms with Gasteiger partial charge in [0.1, 0.15) is 17.9 Å². The van der Waals surface area contributed by atoms with Crippen LogP contribution >= 0.6 is 0 Å². The largest absolute Gasteiger partial charge is 0.312 e. The maximum Gasteiger partial charge on any atom is 0.312 e. The molecular weight excluding hydrogens is 348 g/mol. The summed E-state index contributed by atoms with van der Waals surface area (Å²) in [5.41, 5.74) is 4.15. The number of hydrogen-bond donors (Lipinski definition) is 2. The summed E-state index contributed by atoms with van der Waals surface area (Å²) in [7, 11) is 0. The fraction of sp³-hybridized carbons (Fsp3) is 0.214. The molecule has 0 saturated carbocycles. The average Bonchev–Trinajstić information content (AvgIpc) is 2.86. The van der Waals surface area contributed by atoms with E-state index in [1.54, 1.807) is 0 Å². The number of rotatable bonds is 5. The van der Waals surface area contributed by atoms with Gasteiger partial charge in [-0.05, 0) is 19.9 Å². The monoisotopic (exact) mass is 362 g/mol. The van der Waals surface area contributed by atoms with E-state index in [-0.39, 0.29) is 34.9 Å². The number of benzene rings is 1. The first-order valence-electron chi connectivity index (χ1n) is 7.22. The van der Waals surface area contributed by atoms with Crippen LogP contribution in [-0.4, -0.2) is 31.4 Å². The summed E-state index contributed by atoms with van der Waals surface area (Å²) in [5, 5.41) is 25.6. The number of nitrogens with zero attached hydrogens (tertiary/aromatic N) is 4. The predicted molar refractivity (Wildman–Crippen MR) is 87.1 cm³/mol. The number of aryl methyl sites for hydroxylation is 1. The van der Waals surface area contributed by atoms with Gasteiger partial charge in [0.05, 0.1) is 9.85 Å². The molecule has 0 atom stereocenters. The molecule has 2 amide bonds. The molecule has 12 nitrogen and oxygen atoms in total. The lowest BCUT2D eigenvalue weighted by atomic mass is 10.2. The molecule has 1 aromatic carbocycles. The van der Waals surface area contributed by atoms with Gasteiger partial charge in [-0.25, -0.2) is 0 Å². The van der Waals surface area contributed by atoms with Crippen molar-refractivity contribution in [2.75, 3.05) is 0 Å². The predicted octanol–water partition coefficient (Wildman–Crippen LogP) is 0.778. The molecule has 0 radical (unpaired) electrons. The summed E-state index contributed by atoms with van der Waals surface area (Å²) in [4.78, 5) is 44.2. The number of nitro benzene ring substituents is 1. The second kappa shape index (κ2) is 7.38. The van der Waals surface area contributed by atoms with Crippen molar-refractivity contribution in [3.05, 3.63) is 61.4 Å². The van der Waals surface area contributed by atoms with Gasteiger partial charge in [0.2, 0.25) is 0 Å². The van der Waals surface area contributed by atoms with Gasteiger partial charge >= 0.3 is 5.69 Å². The highest BCUT2D eigenvalue weighted by atomic mass is 16.6. The number of nitro groups is 2. The van der Waals surface area contributed by atoms with Crippen LogP contribution in [0.2, 0.25) is 0 Å². The van der Waals surface area contributed by atoms with Gasteiger partial charge in [-0.15, -0.1) is 0 Å². The fourth-order valence-electron chi connectivity index (χ4n) is 2.24. The molecule has 0 bridgehead atoms. The van der Waals surface area contributed by atoms with Crippen molar-refractivity contribution < 1.29 is 19.4 Å². The van der Waals surface area contributed by atoms with Crippen molar-refractivity contribution in [2.45, 2.75) is 20.4 Å².